The average molecular weight is 266 g/mol. The molecule has 1 aromatic carbocycles. The number of carboxylic acids is 1. The number of nitrogens with one attached hydrogen (secondary N) is 1. The summed E-state index contributed by atoms with van der Waals surface area (Å²) in [5.41, 5.74) is 1.88. The number of aromatic carboxylic acids is 1. The van der Waals surface area contributed by atoms with Gasteiger partial charge < -0.3 is 10.2 Å². The Morgan fingerprint density at radius 3 is 2.05 bits per heavy atom. The van der Waals surface area contributed by atoms with Gasteiger partial charge in [0.25, 0.3) is 5.91 Å². The van der Waals surface area contributed by atoms with E-state index in [-0.39, 0.29) is 11.1 Å². The van der Waals surface area contributed by atoms with Gasteiger partial charge in [0, 0.05) is 0 Å². The summed E-state index contributed by atoms with van der Waals surface area (Å²) in [4.78, 5) is 33.8. The van der Waals surface area contributed by atoms with Gasteiger partial charge in [-0.05, 0) is 26.0 Å². The van der Waals surface area contributed by atoms with Crippen LogP contribution in [0.25, 0.3) is 0 Å². The largest absolute Gasteiger partial charge is 0.478 e. The zero-order chi connectivity index (χ0) is 14.6. The normalized spacial score (nSPS) is 10.1. The van der Waals surface area contributed by atoms with Crippen molar-refractivity contribution in [3.05, 3.63) is 35.4 Å². The highest BCUT2D eigenvalue weighted by Gasteiger charge is 2.22. The summed E-state index contributed by atoms with van der Waals surface area (Å²) in [6.45, 7) is 3.16. The van der Waals surface area contributed by atoms with Crippen molar-refractivity contribution < 1.29 is 24.6 Å². The number of benzene rings is 1. The molecule has 102 valence electrons. The molecular formula is C12H14N2O5. The molecular weight excluding hydrogens is 252 g/mol. The number of carboxylic acid groups (broad SMARTS) is 2. The third-order valence-electron chi connectivity index (χ3n) is 2.35. The van der Waals surface area contributed by atoms with Gasteiger partial charge in [-0.25, -0.2) is 14.6 Å². The quantitative estimate of drug-likeness (QED) is 0.717. The lowest BCUT2D eigenvalue weighted by atomic mass is 10.1. The molecule has 0 spiro atoms. The van der Waals surface area contributed by atoms with E-state index in [1.165, 1.54) is 24.3 Å². The molecule has 19 heavy (non-hydrogen) atoms. The van der Waals surface area contributed by atoms with Crippen molar-refractivity contribution in [2.45, 2.75) is 19.9 Å². The fourth-order valence-electron chi connectivity index (χ4n) is 1.44. The topological polar surface area (TPSA) is 107 Å². The Bertz CT molecular complexity index is 513. The standard InChI is InChI=1S/C12H14N2O5/c1-7(2)14(12(18)19)13-10(15)8-5-3-4-6-9(8)11(16)17/h3-7H,1-2H3,(H,13,15)(H,16,17)(H,18,19). The number of rotatable bonds is 3. The Labute approximate surface area is 109 Å². The second-order valence-electron chi connectivity index (χ2n) is 4.04. The summed E-state index contributed by atoms with van der Waals surface area (Å²) in [5.74, 6) is -2.04. The molecule has 0 aliphatic rings. The Hall–Kier alpha value is -2.57. The third kappa shape index (κ3) is 3.44. The van der Waals surface area contributed by atoms with Crippen LogP contribution in [0, 0.1) is 0 Å². The first kappa shape index (κ1) is 14.5. The summed E-state index contributed by atoms with van der Waals surface area (Å²) in [6, 6.07) is 5.11. The summed E-state index contributed by atoms with van der Waals surface area (Å²) in [7, 11) is 0. The maximum absolute atomic E-state index is 11.9. The number of amides is 2. The molecule has 2 amide bonds. The van der Waals surface area contributed by atoms with Gasteiger partial charge in [0.1, 0.15) is 0 Å². The van der Waals surface area contributed by atoms with E-state index in [9.17, 15) is 14.4 Å². The number of hydrogen-bond acceptors (Lipinski definition) is 3. The van der Waals surface area contributed by atoms with Crippen LogP contribution in [0.5, 0.6) is 0 Å². The molecule has 0 atom stereocenters. The minimum atomic E-state index is -1.32. The predicted molar refractivity (Wildman–Crippen MR) is 65.9 cm³/mol. The molecule has 0 radical (unpaired) electrons. The van der Waals surface area contributed by atoms with Gasteiger partial charge in [-0.3, -0.25) is 10.2 Å². The first-order chi connectivity index (χ1) is 8.84. The van der Waals surface area contributed by atoms with E-state index in [1.807, 2.05) is 0 Å². The second-order valence-corrected chi connectivity index (χ2v) is 4.04. The van der Waals surface area contributed by atoms with E-state index < -0.39 is 24.0 Å². The van der Waals surface area contributed by atoms with Gasteiger partial charge in [0.15, 0.2) is 0 Å². The lowest BCUT2D eigenvalue weighted by Gasteiger charge is -2.23. The van der Waals surface area contributed by atoms with Crippen molar-refractivity contribution >= 4 is 18.0 Å². The molecule has 7 heteroatoms. The molecule has 0 unspecified atom stereocenters. The first-order valence-corrected chi connectivity index (χ1v) is 5.50. The highest BCUT2D eigenvalue weighted by Crippen LogP contribution is 2.09. The van der Waals surface area contributed by atoms with Crippen molar-refractivity contribution in [3.8, 4) is 0 Å². The molecule has 0 bridgehead atoms. The summed E-state index contributed by atoms with van der Waals surface area (Å²) in [5, 5.41) is 18.6. The highest BCUT2D eigenvalue weighted by molar-refractivity contribution is 6.04. The maximum atomic E-state index is 11.9. The van der Waals surface area contributed by atoms with Crippen LogP contribution in [0.4, 0.5) is 4.79 Å². The van der Waals surface area contributed by atoms with Crippen molar-refractivity contribution in [1.29, 1.82) is 0 Å². The SMILES string of the molecule is CC(C)N(NC(=O)c1ccccc1C(=O)O)C(=O)O. The molecule has 0 aliphatic heterocycles. The van der Waals surface area contributed by atoms with E-state index in [0.717, 1.165) is 0 Å². The summed E-state index contributed by atoms with van der Waals surface area (Å²) in [6.07, 6.45) is -1.32. The molecule has 1 rings (SSSR count). The molecule has 0 fully saturated rings. The van der Waals surface area contributed by atoms with Crippen molar-refractivity contribution in [3.63, 3.8) is 0 Å². The molecule has 0 aliphatic carbocycles. The minimum Gasteiger partial charge on any atom is -0.478 e. The minimum absolute atomic E-state index is 0.0955. The van der Waals surface area contributed by atoms with Crippen LogP contribution in [-0.2, 0) is 0 Å². The van der Waals surface area contributed by atoms with Crippen LogP contribution in [0.2, 0.25) is 0 Å². The molecule has 0 heterocycles. The fraction of sp³-hybridized carbons (Fsp3) is 0.250. The monoisotopic (exact) mass is 266 g/mol. The summed E-state index contributed by atoms with van der Waals surface area (Å²) >= 11 is 0. The van der Waals surface area contributed by atoms with Crippen LogP contribution in [0.15, 0.2) is 24.3 Å². The number of hydrazine groups is 1. The zero-order valence-corrected chi connectivity index (χ0v) is 10.5. The molecule has 1 aromatic rings. The van der Waals surface area contributed by atoms with Crippen LogP contribution >= 0.6 is 0 Å². The van der Waals surface area contributed by atoms with E-state index in [2.05, 4.69) is 5.43 Å². The summed E-state index contributed by atoms with van der Waals surface area (Å²) < 4.78 is 0. The van der Waals surface area contributed by atoms with E-state index >= 15 is 0 Å². The lowest BCUT2D eigenvalue weighted by Crippen LogP contribution is -2.49. The lowest BCUT2D eigenvalue weighted by molar-refractivity contribution is 0.0660. The van der Waals surface area contributed by atoms with Gasteiger partial charge in [0.05, 0.1) is 17.2 Å². The van der Waals surface area contributed by atoms with E-state index in [0.29, 0.717) is 5.01 Å². The Morgan fingerprint density at radius 2 is 1.63 bits per heavy atom. The highest BCUT2D eigenvalue weighted by atomic mass is 16.4. The van der Waals surface area contributed by atoms with Gasteiger partial charge in [0.2, 0.25) is 0 Å². The maximum Gasteiger partial charge on any atom is 0.426 e. The van der Waals surface area contributed by atoms with Crippen LogP contribution in [0.1, 0.15) is 34.6 Å². The molecule has 3 N–H and O–H groups in total. The van der Waals surface area contributed by atoms with Gasteiger partial charge in [-0.2, -0.15) is 0 Å². The van der Waals surface area contributed by atoms with Crippen molar-refractivity contribution in [2.75, 3.05) is 0 Å². The van der Waals surface area contributed by atoms with Gasteiger partial charge >= 0.3 is 12.1 Å². The molecule has 0 aromatic heterocycles. The average Bonchev–Trinajstić information content (AvgIpc) is 2.34. The second kappa shape index (κ2) is 5.85. The Balaban J connectivity index is 3.01. The molecule has 0 saturated carbocycles. The fourth-order valence-corrected chi connectivity index (χ4v) is 1.44. The number of hydrogen-bond donors (Lipinski definition) is 3. The van der Waals surface area contributed by atoms with E-state index in [4.69, 9.17) is 10.2 Å². The van der Waals surface area contributed by atoms with Crippen molar-refractivity contribution in [2.24, 2.45) is 0 Å². The Morgan fingerprint density at radius 1 is 1.11 bits per heavy atom. The molecule has 7 nitrogen and oxygen atoms in total. The smallest absolute Gasteiger partial charge is 0.426 e. The van der Waals surface area contributed by atoms with Crippen LogP contribution < -0.4 is 5.43 Å². The number of carbonyl (C=O) groups is 3. The van der Waals surface area contributed by atoms with Crippen LogP contribution in [-0.4, -0.2) is 39.2 Å². The first-order valence-electron chi connectivity index (χ1n) is 5.50. The van der Waals surface area contributed by atoms with Gasteiger partial charge in [-0.15, -0.1) is 0 Å². The predicted octanol–water partition coefficient (Wildman–Crippen LogP) is 1.42. The third-order valence-corrected chi connectivity index (χ3v) is 2.35. The number of nitrogens with zero attached hydrogens (tertiary/aromatic N) is 1. The zero-order valence-electron chi connectivity index (χ0n) is 10.5. The van der Waals surface area contributed by atoms with Gasteiger partial charge in [-0.1, -0.05) is 12.1 Å². The van der Waals surface area contributed by atoms with Crippen molar-refractivity contribution in [1.82, 2.24) is 10.4 Å². The number of carbonyl (C=O) groups excluding carboxylic acids is 1. The van der Waals surface area contributed by atoms with E-state index in [1.54, 1.807) is 13.8 Å². The Kier molecular flexibility index (Phi) is 4.46. The molecule has 0 saturated heterocycles. The van der Waals surface area contributed by atoms with Crippen LogP contribution in [0.3, 0.4) is 0 Å².